The van der Waals surface area contributed by atoms with Crippen LogP contribution in [0, 0.1) is 0 Å². The minimum Gasteiger partial charge on any atom is -0.194 e. The number of hydrogen-bond donors (Lipinski definition) is 0. The van der Waals surface area contributed by atoms with Crippen LogP contribution in [-0.4, -0.2) is 83.4 Å². The fourth-order valence-corrected chi connectivity index (χ4v) is 5.41. The van der Waals surface area contributed by atoms with Crippen LogP contribution in [0.5, 0.6) is 0 Å². The molecular formula is C28H6Br2F34. The minimum absolute atomic E-state index is 0.0952. The first-order valence-corrected chi connectivity index (χ1v) is 16.1. The Morgan fingerprint density at radius 2 is 0.406 bits per heavy atom. The highest BCUT2D eigenvalue weighted by Gasteiger charge is 2.97. The van der Waals surface area contributed by atoms with Gasteiger partial charge < -0.3 is 0 Å². The van der Waals surface area contributed by atoms with Crippen molar-refractivity contribution < 1.29 is 149 Å². The summed E-state index contributed by atoms with van der Waals surface area (Å²) in [4.78, 5) is 0. The van der Waals surface area contributed by atoms with Crippen molar-refractivity contribution in [1.82, 2.24) is 0 Å². The fourth-order valence-electron chi connectivity index (χ4n) is 4.69. The Balaban J connectivity index is 3.07. The van der Waals surface area contributed by atoms with Crippen LogP contribution in [0.4, 0.5) is 149 Å². The highest BCUT2D eigenvalue weighted by atomic mass is 79.9. The third kappa shape index (κ3) is 7.30. The molecule has 0 atom stereocenters. The molecule has 0 saturated carbocycles. The van der Waals surface area contributed by atoms with Crippen molar-refractivity contribution in [3.8, 4) is 11.1 Å². The zero-order chi connectivity index (χ0) is 51.7. The molecule has 0 aromatic heterocycles. The first kappa shape index (κ1) is 57.1. The van der Waals surface area contributed by atoms with E-state index in [1.54, 1.807) is 0 Å². The Labute approximate surface area is 344 Å². The van der Waals surface area contributed by atoms with Crippen molar-refractivity contribution in [2.24, 2.45) is 0 Å². The van der Waals surface area contributed by atoms with Crippen molar-refractivity contribution in [3.05, 3.63) is 56.5 Å². The van der Waals surface area contributed by atoms with Crippen LogP contribution in [-0.2, 0) is 11.8 Å². The van der Waals surface area contributed by atoms with Crippen molar-refractivity contribution >= 4 is 31.9 Å². The van der Waals surface area contributed by atoms with Gasteiger partial charge in [0.2, 0.25) is 0 Å². The lowest BCUT2D eigenvalue weighted by Crippen LogP contribution is -2.74. The molecule has 2 aromatic carbocycles. The molecule has 2 rings (SSSR count). The van der Waals surface area contributed by atoms with Gasteiger partial charge in [-0.1, -0.05) is 44.0 Å². The summed E-state index contributed by atoms with van der Waals surface area (Å²) in [6, 6.07) is -3.49. The number of rotatable bonds is 15. The average molecular weight is 1150 g/mol. The van der Waals surface area contributed by atoms with Gasteiger partial charge in [-0.25, -0.2) is 0 Å². The maximum absolute atomic E-state index is 15.5. The van der Waals surface area contributed by atoms with Gasteiger partial charge in [-0.3, -0.25) is 0 Å². The predicted octanol–water partition coefficient (Wildman–Crippen LogP) is 15.8. The molecule has 0 amide bonds. The topological polar surface area (TPSA) is 0 Å². The highest BCUT2D eigenvalue weighted by Crippen LogP contribution is 2.68. The van der Waals surface area contributed by atoms with Crippen LogP contribution in [0.25, 0.3) is 11.1 Å². The van der Waals surface area contributed by atoms with Crippen molar-refractivity contribution in [1.29, 1.82) is 0 Å². The molecule has 0 fully saturated rings. The SMILES string of the molecule is FC(F)(F)C(F)(F)C(F)(F)C(F)(F)C(F)(F)C(F)(F)C(F)(F)C(F)(F)c1cc(Br)ccc1-c1ccc(Br)cc1C(F)(F)C(F)(F)C(F)(F)C(F)(F)C(F)(F)C(F)(F)C(F)(F)C(F)(F)F. The number of benzene rings is 2. The second kappa shape index (κ2) is 15.3. The summed E-state index contributed by atoms with van der Waals surface area (Å²) in [5, 5.41) is 0. The van der Waals surface area contributed by atoms with E-state index in [4.69, 9.17) is 0 Å². The lowest BCUT2D eigenvalue weighted by molar-refractivity contribution is -0.462. The van der Waals surface area contributed by atoms with Crippen LogP contribution in [0.15, 0.2) is 45.3 Å². The lowest BCUT2D eigenvalue weighted by atomic mass is 9.82. The zero-order valence-electron chi connectivity index (χ0n) is 28.1. The highest BCUT2D eigenvalue weighted by molar-refractivity contribution is 9.10. The van der Waals surface area contributed by atoms with Crippen molar-refractivity contribution in [2.45, 2.75) is 95.3 Å². The standard InChI is InChI=1S/C28H6Br2F34/c29-7-1-3-9(11(5-7)13(31,32)15(35,36)17(39,40)19(43,44)21(47,48)23(51,52)25(55,56)27(59,60)61)10-4-2-8(30)6-12(10)14(33,34)16(37,38)18(41,42)20(45,46)22(49,50)24(53,54)26(57,58)28(62,63)64/h1-6H. The van der Waals surface area contributed by atoms with E-state index in [1.165, 1.54) is 0 Å². The van der Waals surface area contributed by atoms with Crippen molar-refractivity contribution in [3.63, 3.8) is 0 Å². The van der Waals surface area contributed by atoms with Crippen LogP contribution in [0.3, 0.4) is 0 Å². The normalized spacial score (nSPS) is 16.1. The minimum atomic E-state index is -9.30. The summed E-state index contributed by atoms with van der Waals surface area (Å²) in [6.07, 6.45) is -16.4. The average Bonchev–Trinajstić information content (AvgIpc) is 3.09. The Morgan fingerprint density at radius 1 is 0.234 bits per heavy atom. The van der Waals surface area contributed by atoms with Crippen LogP contribution in [0.2, 0.25) is 0 Å². The Bertz CT molecular complexity index is 1910. The first-order valence-electron chi connectivity index (χ1n) is 14.5. The molecule has 0 unspecified atom stereocenters. The van der Waals surface area contributed by atoms with Crippen LogP contribution < -0.4 is 0 Å². The summed E-state index contributed by atoms with van der Waals surface area (Å²) >= 11 is 3.98. The molecule has 0 spiro atoms. The van der Waals surface area contributed by atoms with E-state index in [0.29, 0.717) is 0 Å². The smallest absolute Gasteiger partial charge is 0.194 e. The maximum atomic E-state index is 15.5. The summed E-state index contributed by atoms with van der Waals surface area (Å²) in [7, 11) is 0. The lowest BCUT2D eigenvalue weighted by Gasteiger charge is -2.43. The monoisotopic (exact) mass is 1150 g/mol. The van der Waals surface area contributed by atoms with Gasteiger partial charge in [-0.05, 0) is 35.4 Å². The molecule has 0 aliphatic heterocycles. The second-order valence-electron chi connectivity index (χ2n) is 12.4. The molecule has 36 heteroatoms. The maximum Gasteiger partial charge on any atom is 0.460 e. The molecule has 0 nitrogen and oxygen atoms in total. The van der Waals surface area contributed by atoms with E-state index < -0.39 is 151 Å². The molecule has 0 aliphatic carbocycles. The summed E-state index contributed by atoms with van der Waals surface area (Å²) in [5.41, 5.74) is -12.8. The molecule has 370 valence electrons. The molecule has 0 heterocycles. The van der Waals surface area contributed by atoms with Gasteiger partial charge in [-0.15, -0.1) is 0 Å². The third-order valence-electron chi connectivity index (χ3n) is 8.37. The van der Waals surface area contributed by atoms with Gasteiger partial charge >= 0.3 is 95.3 Å². The first-order chi connectivity index (χ1) is 27.5. The second-order valence-corrected chi connectivity index (χ2v) is 14.2. The summed E-state index contributed by atoms with van der Waals surface area (Å²) < 4.78 is 472. The van der Waals surface area contributed by atoms with Gasteiger partial charge in [0.25, 0.3) is 0 Å². The van der Waals surface area contributed by atoms with E-state index in [-0.39, 0.29) is 12.1 Å². The molecule has 0 saturated heterocycles. The number of hydrogen-bond acceptors (Lipinski definition) is 0. The van der Waals surface area contributed by atoms with Crippen LogP contribution in [0.1, 0.15) is 11.1 Å². The number of alkyl halides is 34. The van der Waals surface area contributed by atoms with E-state index in [9.17, 15) is 132 Å². The Morgan fingerprint density at radius 3 is 0.594 bits per heavy atom. The Kier molecular flexibility index (Phi) is 13.6. The molecular weight excluding hydrogens is 1140 g/mol. The zero-order valence-corrected chi connectivity index (χ0v) is 31.2. The van der Waals surface area contributed by atoms with Gasteiger partial charge in [0, 0.05) is 20.1 Å². The van der Waals surface area contributed by atoms with Gasteiger partial charge in [0.1, 0.15) is 0 Å². The largest absolute Gasteiger partial charge is 0.460 e. The van der Waals surface area contributed by atoms with Gasteiger partial charge in [0.15, 0.2) is 0 Å². The van der Waals surface area contributed by atoms with E-state index in [0.717, 1.165) is 0 Å². The van der Waals surface area contributed by atoms with Gasteiger partial charge in [-0.2, -0.15) is 149 Å². The van der Waals surface area contributed by atoms with E-state index in [2.05, 4.69) is 0 Å². The van der Waals surface area contributed by atoms with Gasteiger partial charge in [0.05, 0.1) is 0 Å². The quantitative estimate of drug-likeness (QED) is 0.156. The predicted molar refractivity (Wildman–Crippen MR) is 147 cm³/mol. The summed E-state index contributed by atoms with van der Waals surface area (Å²) in [5.74, 6) is -124. The van der Waals surface area contributed by atoms with E-state index >= 15 is 17.6 Å². The summed E-state index contributed by atoms with van der Waals surface area (Å²) in [6.45, 7) is 0. The molecule has 0 N–H and O–H groups in total. The Hall–Kier alpha value is -2.98. The molecule has 64 heavy (non-hydrogen) atoms. The number of halogens is 36. The van der Waals surface area contributed by atoms with E-state index in [1.807, 2.05) is 31.9 Å². The fraction of sp³-hybridized carbons (Fsp3) is 0.571. The molecule has 2 aromatic rings. The molecule has 0 radical (unpaired) electrons. The molecule has 0 bridgehead atoms. The van der Waals surface area contributed by atoms with Crippen molar-refractivity contribution in [2.75, 3.05) is 0 Å². The molecule has 0 aliphatic rings. The van der Waals surface area contributed by atoms with Crippen LogP contribution >= 0.6 is 31.9 Å². The third-order valence-corrected chi connectivity index (χ3v) is 9.36.